The molecule has 1 aliphatic rings. The molecule has 1 N–H and O–H groups in total. The molecule has 0 fully saturated rings. The Morgan fingerprint density at radius 1 is 1.62 bits per heavy atom. The summed E-state index contributed by atoms with van der Waals surface area (Å²) in [4.78, 5) is 10.9. The van der Waals surface area contributed by atoms with E-state index in [1.54, 1.807) is 0 Å². The van der Waals surface area contributed by atoms with Crippen LogP contribution < -0.4 is 0 Å². The summed E-state index contributed by atoms with van der Waals surface area (Å²) in [6, 6.07) is 0. The van der Waals surface area contributed by atoms with Crippen molar-refractivity contribution in [3.63, 3.8) is 0 Å². The Hall–Kier alpha value is -1.07. The summed E-state index contributed by atoms with van der Waals surface area (Å²) in [5.74, 6) is -0.590. The molecule has 0 saturated heterocycles. The Bertz CT molecular complexity index is 219. The molecule has 0 saturated carbocycles. The zero-order valence-electron chi connectivity index (χ0n) is 7.52. The van der Waals surface area contributed by atoms with Crippen LogP contribution in [0.2, 0.25) is 0 Å². The first kappa shape index (κ1) is 10.0. The van der Waals surface area contributed by atoms with E-state index in [0.717, 1.165) is 6.08 Å². The maximum absolute atomic E-state index is 10.9. The number of hydrogen-bond acceptors (Lipinski definition) is 5. The molecule has 1 atom stereocenters. The first-order valence-electron chi connectivity index (χ1n) is 3.83. The lowest BCUT2D eigenvalue weighted by Crippen LogP contribution is -2.36. The quantitative estimate of drug-likeness (QED) is 0.511. The van der Waals surface area contributed by atoms with Gasteiger partial charge in [-0.15, -0.1) is 0 Å². The molecule has 0 spiro atoms. The van der Waals surface area contributed by atoms with Crippen molar-refractivity contribution in [1.29, 1.82) is 0 Å². The van der Waals surface area contributed by atoms with Crippen molar-refractivity contribution >= 4 is 5.97 Å². The molecular formula is C8H12O5. The topological polar surface area (TPSA) is 65.0 Å². The minimum Gasteiger partial charge on any atom is -0.512 e. The predicted molar refractivity (Wildman–Crippen MR) is 43.0 cm³/mol. The fourth-order valence-corrected chi connectivity index (χ4v) is 1.18. The van der Waals surface area contributed by atoms with Gasteiger partial charge >= 0.3 is 5.97 Å². The number of aliphatic hydroxyl groups is 1. The zero-order valence-corrected chi connectivity index (χ0v) is 7.52. The molecule has 0 aromatic rings. The molecule has 1 unspecified atom stereocenters. The van der Waals surface area contributed by atoms with Gasteiger partial charge in [-0.3, -0.25) is 0 Å². The number of methoxy groups -OCH3 is 2. The van der Waals surface area contributed by atoms with Crippen LogP contribution in [0, 0.1) is 0 Å². The number of carbonyl (C=O) groups excluding carboxylic acids is 1. The zero-order chi connectivity index (χ0) is 9.84. The molecule has 0 radical (unpaired) electrons. The van der Waals surface area contributed by atoms with Crippen molar-refractivity contribution < 1.29 is 24.1 Å². The lowest BCUT2D eigenvalue weighted by Gasteiger charge is -2.26. The van der Waals surface area contributed by atoms with Crippen LogP contribution in [0.5, 0.6) is 0 Å². The van der Waals surface area contributed by atoms with E-state index in [2.05, 4.69) is 0 Å². The second-order valence-corrected chi connectivity index (χ2v) is 2.65. The van der Waals surface area contributed by atoms with E-state index < -0.39 is 18.4 Å². The van der Waals surface area contributed by atoms with Gasteiger partial charge in [-0.05, 0) is 0 Å². The van der Waals surface area contributed by atoms with Gasteiger partial charge < -0.3 is 19.3 Å². The summed E-state index contributed by atoms with van der Waals surface area (Å²) in [6.45, 7) is 0. The Balaban J connectivity index is 2.63. The van der Waals surface area contributed by atoms with Crippen molar-refractivity contribution in [2.45, 2.75) is 18.8 Å². The van der Waals surface area contributed by atoms with Crippen LogP contribution in [-0.4, -0.2) is 37.7 Å². The molecule has 13 heavy (non-hydrogen) atoms. The van der Waals surface area contributed by atoms with Crippen molar-refractivity contribution in [2.24, 2.45) is 0 Å². The van der Waals surface area contributed by atoms with Gasteiger partial charge in [0.1, 0.15) is 5.76 Å². The van der Waals surface area contributed by atoms with E-state index in [9.17, 15) is 4.79 Å². The Labute approximate surface area is 75.9 Å². The highest BCUT2D eigenvalue weighted by molar-refractivity contribution is 5.83. The van der Waals surface area contributed by atoms with E-state index in [0.29, 0.717) is 0 Å². The molecule has 1 rings (SSSR count). The number of aliphatic hydroxyl groups excluding tert-OH is 1. The van der Waals surface area contributed by atoms with E-state index >= 15 is 0 Å². The molecule has 1 heterocycles. The van der Waals surface area contributed by atoms with Gasteiger partial charge in [0.05, 0.1) is 6.08 Å². The van der Waals surface area contributed by atoms with Gasteiger partial charge in [0.25, 0.3) is 0 Å². The molecule has 0 aliphatic carbocycles. The second kappa shape index (κ2) is 4.25. The summed E-state index contributed by atoms with van der Waals surface area (Å²) in [5, 5.41) is 9.14. The van der Waals surface area contributed by atoms with E-state index in [1.165, 1.54) is 14.2 Å². The minimum atomic E-state index is -0.639. The average Bonchev–Trinajstić information content (AvgIpc) is 2.04. The molecule has 1 aliphatic heterocycles. The van der Waals surface area contributed by atoms with Crippen LogP contribution in [0.25, 0.3) is 0 Å². The van der Waals surface area contributed by atoms with Crippen LogP contribution in [-0.2, 0) is 19.0 Å². The molecule has 0 bridgehead atoms. The molecule has 5 nitrogen and oxygen atoms in total. The Morgan fingerprint density at radius 2 is 2.23 bits per heavy atom. The lowest BCUT2D eigenvalue weighted by atomic mass is 10.1. The highest BCUT2D eigenvalue weighted by Gasteiger charge is 2.29. The molecule has 0 aromatic heterocycles. The summed E-state index contributed by atoms with van der Waals surface area (Å²) in [5.41, 5.74) is 0. The van der Waals surface area contributed by atoms with Crippen LogP contribution in [0.1, 0.15) is 6.42 Å². The summed E-state index contributed by atoms with van der Waals surface area (Å²) >= 11 is 0. The fourth-order valence-electron chi connectivity index (χ4n) is 1.18. The third-order valence-electron chi connectivity index (χ3n) is 1.73. The standard InChI is InChI=1S/C8H12O5/c1-11-8(12-2)6-3-5(9)4-7(10)13-6/h4,6,8-9H,3H2,1-2H3. The third-order valence-corrected chi connectivity index (χ3v) is 1.73. The lowest BCUT2D eigenvalue weighted by molar-refractivity contribution is -0.191. The first-order chi connectivity index (χ1) is 6.17. The minimum absolute atomic E-state index is 0.0136. The number of cyclic esters (lactones) is 1. The highest BCUT2D eigenvalue weighted by atomic mass is 16.7. The third kappa shape index (κ3) is 2.43. The number of hydrogen-bond donors (Lipinski definition) is 1. The Kier molecular flexibility index (Phi) is 3.27. The SMILES string of the molecule is COC(OC)C1CC(O)=CC(=O)O1. The molecule has 5 heteroatoms. The highest BCUT2D eigenvalue weighted by Crippen LogP contribution is 2.18. The van der Waals surface area contributed by atoms with Crippen molar-refractivity contribution in [1.82, 2.24) is 0 Å². The Morgan fingerprint density at radius 3 is 2.69 bits per heavy atom. The summed E-state index contributed by atoms with van der Waals surface area (Å²) < 4.78 is 14.7. The first-order valence-corrected chi connectivity index (χ1v) is 3.83. The van der Waals surface area contributed by atoms with Crippen molar-refractivity contribution in [3.8, 4) is 0 Å². The molecule has 0 amide bonds. The van der Waals surface area contributed by atoms with Gasteiger partial charge in [0.15, 0.2) is 12.4 Å². The van der Waals surface area contributed by atoms with Crippen LogP contribution in [0.3, 0.4) is 0 Å². The predicted octanol–water partition coefficient (Wildman–Crippen LogP) is 0.363. The molecule has 74 valence electrons. The maximum atomic E-state index is 10.9. The summed E-state index contributed by atoms with van der Waals surface area (Å²) in [6.07, 6.45) is 0.0454. The average molecular weight is 188 g/mol. The van der Waals surface area contributed by atoms with Gasteiger partial charge in [-0.2, -0.15) is 0 Å². The van der Waals surface area contributed by atoms with Crippen molar-refractivity contribution in [2.75, 3.05) is 14.2 Å². The van der Waals surface area contributed by atoms with Gasteiger partial charge in [0, 0.05) is 20.6 Å². The monoisotopic (exact) mass is 188 g/mol. The number of esters is 1. The second-order valence-electron chi connectivity index (χ2n) is 2.65. The molecular weight excluding hydrogens is 176 g/mol. The van der Waals surface area contributed by atoms with Crippen LogP contribution in [0.15, 0.2) is 11.8 Å². The van der Waals surface area contributed by atoms with E-state index in [1.807, 2.05) is 0 Å². The molecule has 0 aromatic carbocycles. The van der Waals surface area contributed by atoms with E-state index in [-0.39, 0.29) is 12.2 Å². The largest absolute Gasteiger partial charge is 0.512 e. The number of ether oxygens (including phenoxy) is 3. The number of carbonyl (C=O) groups is 1. The van der Waals surface area contributed by atoms with Gasteiger partial charge in [-0.1, -0.05) is 0 Å². The van der Waals surface area contributed by atoms with Gasteiger partial charge in [0.2, 0.25) is 0 Å². The maximum Gasteiger partial charge on any atom is 0.334 e. The van der Waals surface area contributed by atoms with Crippen LogP contribution >= 0.6 is 0 Å². The normalized spacial score (nSPS) is 22.8. The smallest absolute Gasteiger partial charge is 0.334 e. The van der Waals surface area contributed by atoms with Crippen LogP contribution in [0.4, 0.5) is 0 Å². The fraction of sp³-hybridized carbons (Fsp3) is 0.625. The van der Waals surface area contributed by atoms with Crippen molar-refractivity contribution in [3.05, 3.63) is 11.8 Å². The summed E-state index contributed by atoms with van der Waals surface area (Å²) in [7, 11) is 2.88. The van der Waals surface area contributed by atoms with E-state index in [4.69, 9.17) is 19.3 Å². The van der Waals surface area contributed by atoms with Gasteiger partial charge in [-0.25, -0.2) is 4.79 Å². The number of rotatable bonds is 3.